The number of nitriles is 1. The Balaban J connectivity index is 1.50. The average molecular weight is 334 g/mol. The number of anilines is 3. The Morgan fingerprint density at radius 3 is 2.52 bits per heavy atom. The molecule has 0 bridgehead atoms. The van der Waals surface area contributed by atoms with Crippen LogP contribution in [0, 0.1) is 11.3 Å². The molecule has 1 fully saturated rings. The fraction of sp³-hybridized carbons (Fsp3) is 0.300. The summed E-state index contributed by atoms with van der Waals surface area (Å²) < 4.78 is 0. The molecule has 0 saturated carbocycles. The van der Waals surface area contributed by atoms with Crippen molar-refractivity contribution in [3.8, 4) is 6.07 Å². The number of carbonyl (C=O) groups excluding carboxylic acids is 1. The third-order valence-electron chi connectivity index (χ3n) is 4.32. The second-order valence-electron chi connectivity index (χ2n) is 6.19. The molecule has 0 radical (unpaired) electrons. The van der Waals surface area contributed by atoms with Gasteiger partial charge in [0, 0.05) is 30.2 Å². The van der Waals surface area contributed by atoms with E-state index >= 15 is 0 Å². The third-order valence-corrected chi connectivity index (χ3v) is 4.32. The van der Waals surface area contributed by atoms with Gasteiger partial charge in [0.15, 0.2) is 0 Å². The first-order chi connectivity index (χ1) is 12.2. The number of nitrogens with zero attached hydrogens (tertiary/aromatic N) is 2. The Morgan fingerprint density at radius 1 is 1.04 bits per heavy atom. The van der Waals surface area contributed by atoms with Gasteiger partial charge >= 0.3 is 0 Å². The average Bonchev–Trinajstić information content (AvgIpc) is 2.67. The van der Waals surface area contributed by atoms with Crippen molar-refractivity contribution in [1.82, 2.24) is 0 Å². The van der Waals surface area contributed by atoms with Gasteiger partial charge in [-0.15, -0.1) is 0 Å². The molecule has 25 heavy (non-hydrogen) atoms. The van der Waals surface area contributed by atoms with Crippen LogP contribution in [0.2, 0.25) is 0 Å². The van der Waals surface area contributed by atoms with Crippen LogP contribution in [0.5, 0.6) is 0 Å². The topological polar surface area (TPSA) is 68.2 Å². The first-order valence-electron chi connectivity index (χ1n) is 8.63. The molecule has 1 aliphatic heterocycles. The fourth-order valence-corrected chi connectivity index (χ4v) is 3.00. The van der Waals surface area contributed by atoms with E-state index in [0.717, 1.165) is 18.8 Å². The number of hydrogen-bond acceptors (Lipinski definition) is 4. The Hall–Kier alpha value is -3.00. The summed E-state index contributed by atoms with van der Waals surface area (Å²) in [6, 6.07) is 17.2. The summed E-state index contributed by atoms with van der Waals surface area (Å²) in [6.45, 7) is 2.42. The van der Waals surface area contributed by atoms with Crippen molar-refractivity contribution in [1.29, 1.82) is 5.26 Å². The number of nitrogens with one attached hydrogen (secondary N) is 2. The van der Waals surface area contributed by atoms with Crippen LogP contribution in [0.15, 0.2) is 48.5 Å². The minimum absolute atomic E-state index is 0.143. The van der Waals surface area contributed by atoms with Gasteiger partial charge in [-0.25, -0.2) is 0 Å². The maximum atomic E-state index is 12.0. The smallest absolute Gasteiger partial charge is 0.243 e. The Kier molecular flexibility index (Phi) is 5.53. The van der Waals surface area contributed by atoms with E-state index in [2.05, 4.69) is 33.7 Å². The molecule has 5 heteroatoms. The van der Waals surface area contributed by atoms with Gasteiger partial charge in [0.05, 0.1) is 18.2 Å². The Labute approximate surface area is 148 Å². The Morgan fingerprint density at radius 2 is 1.80 bits per heavy atom. The van der Waals surface area contributed by atoms with Crippen molar-refractivity contribution in [2.24, 2.45) is 0 Å². The monoisotopic (exact) mass is 334 g/mol. The van der Waals surface area contributed by atoms with Crippen molar-refractivity contribution in [3.05, 3.63) is 54.1 Å². The normalized spacial score (nSPS) is 13.8. The lowest BCUT2D eigenvalue weighted by molar-refractivity contribution is -0.114. The number of amides is 1. The van der Waals surface area contributed by atoms with Crippen LogP contribution in [0.1, 0.15) is 24.8 Å². The molecule has 1 aliphatic rings. The van der Waals surface area contributed by atoms with E-state index in [1.807, 2.05) is 12.1 Å². The summed E-state index contributed by atoms with van der Waals surface area (Å²) in [5.41, 5.74) is 3.31. The SMILES string of the molecule is N#Cc1cccc(NC(=O)CNc2ccc(N3CCCCC3)cc2)c1. The second-order valence-corrected chi connectivity index (χ2v) is 6.19. The predicted molar refractivity (Wildman–Crippen MR) is 101 cm³/mol. The lowest BCUT2D eigenvalue weighted by Gasteiger charge is -2.28. The van der Waals surface area contributed by atoms with Gasteiger partial charge in [0.2, 0.25) is 5.91 Å². The molecule has 0 unspecified atom stereocenters. The van der Waals surface area contributed by atoms with Crippen molar-refractivity contribution in [2.75, 3.05) is 35.2 Å². The van der Waals surface area contributed by atoms with Crippen molar-refractivity contribution < 1.29 is 4.79 Å². The largest absolute Gasteiger partial charge is 0.376 e. The Bertz CT molecular complexity index is 758. The van der Waals surface area contributed by atoms with Crippen LogP contribution >= 0.6 is 0 Å². The summed E-state index contributed by atoms with van der Waals surface area (Å²) in [6.07, 6.45) is 3.84. The molecule has 1 heterocycles. The molecule has 0 aliphatic carbocycles. The molecule has 3 rings (SSSR count). The highest BCUT2D eigenvalue weighted by molar-refractivity contribution is 5.93. The predicted octanol–water partition coefficient (Wildman–Crippen LogP) is 3.60. The number of piperidine rings is 1. The molecule has 0 spiro atoms. The van der Waals surface area contributed by atoms with E-state index in [1.54, 1.807) is 24.3 Å². The maximum absolute atomic E-state index is 12.0. The molecule has 128 valence electrons. The minimum Gasteiger partial charge on any atom is -0.376 e. The molecule has 0 aromatic heterocycles. The van der Waals surface area contributed by atoms with Crippen LogP contribution in [0.3, 0.4) is 0 Å². The summed E-state index contributed by atoms with van der Waals surface area (Å²) in [5.74, 6) is -0.143. The minimum atomic E-state index is -0.143. The van der Waals surface area contributed by atoms with Gasteiger partial charge in [0.25, 0.3) is 0 Å². The van der Waals surface area contributed by atoms with Crippen molar-refractivity contribution >= 4 is 23.0 Å². The highest BCUT2D eigenvalue weighted by Crippen LogP contribution is 2.21. The standard InChI is InChI=1S/C20H22N4O/c21-14-16-5-4-6-18(13-16)23-20(25)15-22-17-7-9-19(10-8-17)24-11-2-1-3-12-24/h4-10,13,22H,1-3,11-12,15H2,(H,23,25). The zero-order chi connectivity index (χ0) is 17.5. The van der Waals surface area contributed by atoms with E-state index < -0.39 is 0 Å². The molecule has 2 aromatic carbocycles. The highest BCUT2D eigenvalue weighted by Gasteiger charge is 2.10. The number of hydrogen-bond donors (Lipinski definition) is 2. The van der Waals surface area contributed by atoms with E-state index in [4.69, 9.17) is 5.26 Å². The van der Waals surface area contributed by atoms with Crippen molar-refractivity contribution in [2.45, 2.75) is 19.3 Å². The van der Waals surface area contributed by atoms with Gasteiger partial charge in [-0.2, -0.15) is 5.26 Å². The fourth-order valence-electron chi connectivity index (χ4n) is 3.00. The number of benzene rings is 2. The summed E-state index contributed by atoms with van der Waals surface area (Å²) >= 11 is 0. The van der Waals surface area contributed by atoms with E-state index in [1.165, 1.54) is 24.9 Å². The highest BCUT2D eigenvalue weighted by atomic mass is 16.1. The van der Waals surface area contributed by atoms with Gasteiger partial charge in [-0.05, 0) is 61.7 Å². The van der Waals surface area contributed by atoms with Gasteiger partial charge in [0.1, 0.15) is 0 Å². The summed E-state index contributed by atoms with van der Waals surface area (Å²) in [4.78, 5) is 14.4. The molecule has 1 amide bonds. The zero-order valence-electron chi connectivity index (χ0n) is 14.2. The second kappa shape index (κ2) is 8.20. The van der Waals surface area contributed by atoms with Gasteiger partial charge < -0.3 is 15.5 Å². The first kappa shape index (κ1) is 16.8. The van der Waals surface area contributed by atoms with Crippen LogP contribution < -0.4 is 15.5 Å². The van der Waals surface area contributed by atoms with Crippen LogP contribution in [-0.4, -0.2) is 25.5 Å². The molecule has 2 N–H and O–H groups in total. The quantitative estimate of drug-likeness (QED) is 0.877. The van der Waals surface area contributed by atoms with Crippen LogP contribution in [-0.2, 0) is 4.79 Å². The van der Waals surface area contributed by atoms with E-state index in [9.17, 15) is 4.79 Å². The molecule has 5 nitrogen and oxygen atoms in total. The van der Waals surface area contributed by atoms with E-state index in [-0.39, 0.29) is 12.5 Å². The maximum Gasteiger partial charge on any atom is 0.243 e. The van der Waals surface area contributed by atoms with Crippen molar-refractivity contribution in [3.63, 3.8) is 0 Å². The third kappa shape index (κ3) is 4.74. The van der Waals surface area contributed by atoms with Gasteiger partial charge in [-0.3, -0.25) is 4.79 Å². The first-order valence-corrected chi connectivity index (χ1v) is 8.63. The summed E-state index contributed by atoms with van der Waals surface area (Å²) in [7, 11) is 0. The summed E-state index contributed by atoms with van der Waals surface area (Å²) in [5, 5.41) is 14.8. The zero-order valence-corrected chi connectivity index (χ0v) is 14.2. The molecule has 1 saturated heterocycles. The lowest BCUT2D eigenvalue weighted by atomic mass is 10.1. The van der Waals surface area contributed by atoms with Crippen LogP contribution in [0.25, 0.3) is 0 Å². The molecule has 0 atom stereocenters. The molecule has 2 aromatic rings. The van der Waals surface area contributed by atoms with Gasteiger partial charge in [-0.1, -0.05) is 6.07 Å². The lowest BCUT2D eigenvalue weighted by Crippen LogP contribution is -2.29. The number of carbonyl (C=O) groups is 1. The number of rotatable bonds is 5. The molecular weight excluding hydrogens is 312 g/mol. The van der Waals surface area contributed by atoms with Crippen LogP contribution in [0.4, 0.5) is 17.1 Å². The van der Waals surface area contributed by atoms with E-state index in [0.29, 0.717) is 11.3 Å². The molecular formula is C20H22N4O.